The maximum absolute atomic E-state index is 13.2. The van der Waals surface area contributed by atoms with E-state index in [1.54, 1.807) is 4.90 Å². The summed E-state index contributed by atoms with van der Waals surface area (Å²) in [5.74, 6) is -0.330. The van der Waals surface area contributed by atoms with Crippen LogP contribution < -0.4 is 15.9 Å². The molecule has 160 valence electrons. The molecule has 1 aliphatic carbocycles. The Bertz CT molecular complexity index is 1010. The van der Waals surface area contributed by atoms with E-state index in [2.05, 4.69) is 72.8 Å². The lowest BCUT2D eigenvalue weighted by Crippen LogP contribution is -2.40. The van der Waals surface area contributed by atoms with Crippen molar-refractivity contribution in [1.29, 1.82) is 0 Å². The van der Waals surface area contributed by atoms with Gasteiger partial charge in [0.15, 0.2) is 0 Å². The van der Waals surface area contributed by atoms with Crippen molar-refractivity contribution in [3.63, 3.8) is 0 Å². The van der Waals surface area contributed by atoms with Gasteiger partial charge in [-0.25, -0.2) is 0 Å². The van der Waals surface area contributed by atoms with E-state index in [1.165, 1.54) is 15.9 Å². The predicted molar refractivity (Wildman–Crippen MR) is 132 cm³/mol. The molecule has 1 fully saturated rings. The van der Waals surface area contributed by atoms with Crippen LogP contribution in [0.3, 0.4) is 0 Å². The largest absolute Gasteiger partial charge is 0.278 e. The normalized spacial score (nSPS) is 20.4. The minimum absolute atomic E-state index is 0.0108. The molecule has 32 heavy (non-hydrogen) atoms. The molecule has 0 bridgehead atoms. The third-order valence-electron chi connectivity index (χ3n) is 6.85. The number of likely N-dealkylation sites (tertiary alicyclic amines) is 1. The van der Waals surface area contributed by atoms with E-state index in [-0.39, 0.29) is 23.7 Å². The van der Waals surface area contributed by atoms with Crippen molar-refractivity contribution in [3.8, 4) is 0 Å². The molecule has 0 aromatic heterocycles. The number of allylic oxidation sites excluding steroid dienone is 2. The summed E-state index contributed by atoms with van der Waals surface area (Å²) in [6.07, 6.45) is 6.20. The topological polar surface area (TPSA) is 37.4 Å². The summed E-state index contributed by atoms with van der Waals surface area (Å²) >= 11 is 0. The maximum atomic E-state index is 13.2. The third kappa shape index (κ3) is 3.51. The number of hydrogen-bond acceptors (Lipinski definition) is 2. The highest BCUT2D eigenvalue weighted by molar-refractivity contribution is 7.95. The van der Waals surface area contributed by atoms with Gasteiger partial charge in [0.25, 0.3) is 0 Å². The molecule has 2 unspecified atom stereocenters. The first-order valence-electron chi connectivity index (χ1n) is 11.3. The van der Waals surface area contributed by atoms with Gasteiger partial charge in [0, 0.05) is 0 Å². The van der Waals surface area contributed by atoms with E-state index >= 15 is 0 Å². The van der Waals surface area contributed by atoms with Crippen LogP contribution in [0.5, 0.6) is 0 Å². The van der Waals surface area contributed by atoms with Gasteiger partial charge in [-0.15, -0.1) is 0 Å². The van der Waals surface area contributed by atoms with Crippen LogP contribution in [0.1, 0.15) is 12.8 Å². The van der Waals surface area contributed by atoms with E-state index in [0.29, 0.717) is 19.4 Å². The summed E-state index contributed by atoms with van der Waals surface area (Å²) in [6.45, 7) is 0.455. The number of fused-ring (bicyclic) bond motifs is 1. The molecule has 1 aliphatic heterocycles. The monoisotopic (exact) mass is 440 g/mol. The van der Waals surface area contributed by atoms with E-state index in [9.17, 15) is 9.59 Å². The minimum Gasteiger partial charge on any atom is -0.278 e. The second-order valence-electron chi connectivity index (χ2n) is 8.52. The predicted octanol–water partition coefficient (Wildman–Crippen LogP) is 3.93. The number of nitrogens with zero attached hydrogens (tertiary/aromatic N) is 1. The Morgan fingerprint density at radius 2 is 1.00 bits per heavy atom. The van der Waals surface area contributed by atoms with Gasteiger partial charge >= 0.3 is 0 Å². The van der Waals surface area contributed by atoms with Crippen molar-refractivity contribution >= 4 is 35.0 Å². The number of rotatable bonds is 6. The molecule has 1 saturated heterocycles. The second-order valence-corrected chi connectivity index (χ2v) is 12.1. The summed E-state index contributed by atoms with van der Waals surface area (Å²) in [6, 6.07) is 31.8. The molecule has 2 aliphatic rings. The zero-order chi connectivity index (χ0) is 22.0. The van der Waals surface area contributed by atoms with Gasteiger partial charge in [0.2, 0.25) is 11.8 Å². The van der Waals surface area contributed by atoms with Gasteiger partial charge in [0.1, 0.15) is 23.2 Å². The van der Waals surface area contributed by atoms with Crippen LogP contribution in [0.4, 0.5) is 0 Å². The zero-order valence-corrected chi connectivity index (χ0v) is 18.9. The summed E-state index contributed by atoms with van der Waals surface area (Å²) in [5, 5.41) is 3.82. The van der Waals surface area contributed by atoms with Crippen LogP contribution in [-0.4, -0.2) is 29.4 Å². The highest BCUT2D eigenvalue weighted by Crippen LogP contribution is 2.55. The molecular formula is C28H27NO2P+. The standard InChI is InChI=1S/C28H27NO2P/c30-27-25-18-10-11-19-26(25)28(31)29(27)20-21-32(22-12-4-1-5-13-22,23-14-6-2-7-15-23)24-16-8-3-9-17-24/h1-17,25-26H,18-21H2/q+1. The second kappa shape index (κ2) is 8.84. The molecule has 5 rings (SSSR count). The molecule has 4 heteroatoms. The highest BCUT2D eigenvalue weighted by atomic mass is 31.2. The fourth-order valence-electron chi connectivity index (χ4n) is 5.22. The number of benzene rings is 3. The zero-order valence-electron chi connectivity index (χ0n) is 18.0. The summed E-state index contributed by atoms with van der Waals surface area (Å²) in [7, 11) is -2.06. The first-order chi connectivity index (χ1) is 15.7. The van der Waals surface area contributed by atoms with Crippen molar-refractivity contribution in [2.24, 2.45) is 11.8 Å². The molecule has 2 atom stereocenters. The Balaban J connectivity index is 1.58. The van der Waals surface area contributed by atoms with Gasteiger partial charge in [0.05, 0.1) is 24.5 Å². The molecule has 3 nitrogen and oxygen atoms in total. The van der Waals surface area contributed by atoms with Gasteiger partial charge < -0.3 is 0 Å². The van der Waals surface area contributed by atoms with Crippen LogP contribution in [0.25, 0.3) is 0 Å². The summed E-state index contributed by atoms with van der Waals surface area (Å²) in [5.41, 5.74) is 0. The van der Waals surface area contributed by atoms with Crippen LogP contribution in [-0.2, 0) is 9.59 Å². The van der Waals surface area contributed by atoms with E-state index in [0.717, 1.165) is 6.16 Å². The average molecular weight is 441 g/mol. The molecule has 0 saturated carbocycles. The van der Waals surface area contributed by atoms with Gasteiger partial charge in [-0.1, -0.05) is 66.7 Å². The molecule has 3 aromatic carbocycles. The van der Waals surface area contributed by atoms with Gasteiger partial charge in [-0.2, -0.15) is 0 Å². The van der Waals surface area contributed by atoms with Crippen molar-refractivity contribution in [1.82, 2.24) is 4.90 Å². The maximum Gasteiger partial charge on any atom is 0.233 e. The molecule has 3 aromatic rings. The molecule has 0 N–H and O–H groups in total. The number of hydrogen-bond donors (Lipinski definition) is 0. The van der Waals surface area contributed by atoms with Gasteiger partial charge in [-0.05, 0) is 49.2 Å². The van der Waals surface area contributed by atoms with Crippen molar-refractivity contribution < 1.29 is 9.59 Å². The average Bonchev–Trinajstić information content (AvgIpc) is 3.11. The fourth-order valence-corrected chi connectivity index (χ4v) is 9.43. The molecule has 2 amide bonds. The summed E-state index contributed by atoms with van der Waals surface area (Å²) < 4.78 is 0. The number of carbonyl (C=O) groups is 2. The SMILES string of the molecule is O=C1C2CC=CCC2C(=O)N1CC[P+](c1ccccc1)(c1ccccc1)c1ccccc1. The van der Waals surface area contributed by atoms with E-state index in [1.807, 2.05) is 30.4 Å². The quantitative estimate of drug-likeness (QED) is 0.331. The first kappa shape index (κ1) is 20.8. The number of imide groups is 1. The van der Waals surface area contributed by atoms with Crippen molar-refractivity contribution in [3.05, 3.63) is 103 Å². The van der Waals surface area contributed by atoms with Crippen LogP contribution in [0, 0.1) is 11.8 Å². The Morgan fingerprint density at radius 1 is 0.625 bits per heavy atom. The van der Waals surface area contributed by atoms with Crippen LogP contribution >= 0.6 is 7.26 Å². The van der Waals surface area contributed by atoms with Crippen LogP contribution in [0.2, 0.25) is 0 Å². The summed E-state index contributed by atoms with van der Waals surface area (Å²) in [4.78, 5) is 27.9. The van der Waals surface area contributed by atoms with E-state index < -0.39 is 7.26 Å². The molecular weight excluding hydrogens is 413 g/mol. The Morgan fingerprint density at radius 3 is 1.38 bits per heavy atom. The Labute approximate surface area is 190 Å². The lowest BCUT2D eigenvalue weighted by Gasteiger charge is -2.29. The van der Waals surface area contributed by atoms with Gasteiger partial charge in [-0.3, -0.25) is 14.5 Å². The Kier molecular flexibility index (Phi) is 5.76. The number of amides is 2. The van der Waals surface area contributed by atoms with Crippen molar-refractivity contribution in [2.75, 3.05) is 12.7 Å². The van der Waals surface area contributed by atoms with Crippen LogP contribution in [0.15, 0.2) is 103 Å². The molecule has 1 heterocycles. The molecule has 0 radical (unpaired) electrons. The smallest absolute Gasteiger partial charge is 0.233 e. The lowest BCUT2D eigenvalue weighted by molar-refractivity contribution is -0.139. The highest BCUT2D eigenvalue weighted by Gasteiger charge is 2.50. The first-order valence-corrected chi connectivity index (χ1v) is 13.2. The minimum atomic E-state index is -2.06. The van der Waals surface area contributed by atoms with E-state index in [4.69, 9.17) is 0 Å². The Hall–Kier alpha value is -3.03. The molecule has 0 spiro atoms. The van der Waals surface area contributed by atoms with Crippen molar-refractivity contribution in [2.45, 2.75) is 12.8 Å². The lowest BCUT2D eigenvalue weighted by atomic mass is 9.85. The number of carbonyl (C=O) groups excluding carboxylic acids is 2. The third-order valence-corrected chi connectivity index (χ3v) is 11.3. The fraction of sp³-hybridized carbons (Fsp3) is 0.214.